The maximum Gasteiger partial charge on any atom is 0.193 e. The molecule has 2 aromatic carbocycles. The number of ether oxygens (including phenoxy) is 3. The summed E-state index contributed by atoms with van der Waals surface area (Å²) >= 11 is 0. The molecule has 0 fully saturated rings. The molecule has 0 atom stereocenters. The normalized spacial score (nSPS) is 11.2. The second-order valence-electron chi connectivity index (χ2n) is 6.06. The van der Waals surface area contributed by atoms with E-state index in [2.05, 4.69) is 27.3 Å². The minimum absolute atomic E-state index is 0.538. The summed E-state index contributed by atoms with van der Waals surface area (Å²) in [7, 11) is 7.14. The van der Waals surface area contributed by atoms with Crippen LogP contribution in [0.3, 0.4) is 0 Å². The van der Waals surface area contributed by atoms with Crippen LogP contribution in [0.25, 0.3) is 0 Å². The Hall–Kier alpha value is -2.73. The molecule has 1 N–H and O–H groups in total. The smallest absolute Gasteiger partial charge is 0.193 e. The second kappa shape index (κ2) is 11.1. The second-order valence-corrected chi connectivity index (χ2v) is 6.06. The monoisotopic (exact) mass is 371 g/mol. The minimum atomic E-state index is 0.538. The average Bonchev–Trinajstić information content (AvgIpc) is 2.69. The summed E-state index contributed by atoms with van der Waals surface area (Å²) in [4.78, 5) is 6.45. The third-order valence-corrected chi connectivity index (χ3v) is 4.08. The van der Waals surface area contributed by atoms with Gasteiger partial charge in [-0.05, 0) is 23.8 Å². The quantitative estimate of drug-likeness (QED) is 0.417. The molecule has 146 valence electrons. The van der Waals surface area contributed by atoms with Gasteiger partial charge in [0.2, 0.25) is 0 Å². The zero-order chi connectivity index (χ0) is 19.5. The van der Waals surface area contributed by atoms with Gasteiger partial charge in [-0.15, -0.1) is 0 Å². The number of guanidine groups is 1. The van der Waals surface area contributed by atoms with E-state index in [-0.39, 0.29) is 0 Å². The lowest BCUT2D eigenvalue weighted by molar-refractivity contribution is 0.146. The number of benzene rings is 2. The number of aliphatic imine (C=N–C) groups is 1. The van der Waals surface area contributed by atoms with Gasteiger partial charge in [-0.25, -0.2) is 0 Å². The molecule has 6 nitrogen and oxygen atoms in total. The first-order valence-corrected chi connectivity index (χ1v) is 8.92. The van der Waals surface area contributed by atoms with Gasteiger partial charge >= 0.3 is 0 Å². The van der Waals surface area contributed by atoms with Crippen molar-refractivity contribution >= 4 is 5.96 Å². The number of rotatable bonds is 9. The Balaban J connectivity index is 1.94. The maximum atomic E-state index is 5.66. The van der Waals surface area contributed by atoms with Crippen LogP contribution in [-0.4, -0.2) is 52.4 Å². The van der Waals surface area contributed by atoms with Crippen molar-refractivity contribution < 1.29 is 14.2 Å². The van der Waals surface area contributed by atoms with Gasteiger partial charge < -0.3 is 24.4 Å². The lowest BCUT2D eigenvalue weighted by atomic mass is 10.2. The maximum absolute atomic E-state index is 5.66. The highest BCUT2D eigenvalue weighted by molar-refractivity contribution is 5.79. The van der Waals surface area contributed by atoms with Gasteiger partial charge in [0.15, 0.2) is 5.96 Å². The highest BCUT2D eigenvalue weighted by Crippen LogP contribution is 2.19. The SMILES string of the molecule is CN=C(NCc1cccc(OCCOC)c1)N(C)Cc1ccccc1OC. The van der Waals surface area contributed by atoms with Gasteiger partial charge in [0.25, 0.3) is 0 Å². The van der Waals surface area contributed by atoms with E-state index in [9.17, 15) is 0 Å². The minimum Gasteiger partial charge on any atom is -0.496 e. The third kappa shape index (κ3) is 6.49. The molecule has 0 radical (unpaired) electrons. The Kier molecular flexibility index (Phi) is 8.45. The van der Waals surface area contributed by atoms with Crippen LogP contribution in [0.15, 0.2) is 53.5 Å². The summed E-state index contributed by atoms with van der Waals surface area (Å²) < 4.78 is 16.1. The van der Waals surface area contributed by atoms with Gasteiger partial charge in [-0.3, -0.25) is 4.99 Å². The Labute approximate surface area is 161 Å². The number of nitrogens with zero attached hydrogens (tertiary/aromatic N) is 2. The van der Waals surface area contributed by atoms with E-state index < -0.39 is 0 Å². The summed E-state index contributed by atoms with van der Waals surface area (Å²) in [6, 6.07) is 16.0. The van der Waals surface area contributed by atoms with E-state index >= 15 is 0 Å². The molecule has 2 rings (SSSR count). The fourth-order valence-corrected chi connectivity index (χ4v) is 2.72. The van der Waals surface area contributed by atoms with E-state index in [0.29, 0.717) is 26.3 Å². The van der Waals surface area contributed by atoms with Crippen molar-refractivity contribution in [3.8, 4) is 11.5 Å². The molecule has 0 bridgehead atoms. The van der Waals surface area contributed by atoms with Gasteiger partial charge in [-0.2, -0.15) is 0 Å². The number of hydrogen-bond acceptors (Lipinski definition) is 4. The number of methoxy groups -OCH3 is 2. The summed E-state index contributed by atoms with van der Waals surface area (Å²) in [6.07, 6.45) is 0. The molecular weight excluding hydrogens is 342 g/mol. The molecule has 6 heteroatoms. The first kappa shape index (κ1) is 20.6. The van der Waals surface area contributed by atoms with Crippen LogP contribution in [0, 0.1) is 0 Å². The molecule has 0 saturated heterocycles. The van der Waals surface area contributed by atoms with E-state index in [1.807, 2.05) is 43.4 Å². The molecule has 0 aromatic heterocycles. The fourth-order valence-electron chi connectivity index (χ4n) is 2.72. The first-order valence-electron chi connectivity index (χ1n) is 8.92. The topological polar surface area (TPSA) is 55.3 Å². The van der Waals surface area contributed by atoms with Crippen LogP contribution in [-0.2, 0) is 17.8 Å². The molecule has 2 aromatic rings. The van der Waals surface area contributed by atoms with Crippen molar-refractivity contribution in [2.45, 2.75) is 13.1 Å². The Bertz CT molecular complexity index is 734. The fraction of sp³-hybridized carbons (Fsp3) is 0.381. The Morgan fingerprint density at radius 3 is 2.63 bits per heavy atom. The van der Waals surface area contributed by atoms with Crippen LogP contribution >= 0.6 is 0 Å². The zero-order valence-corrected chi connectivity index (χ0v) is 16.6. The van der Waals surface area contributed by atoms with Crippen LogP contribution in [0.1, 0.15) is 11.1 Å². The molecule has 0 heterocycles. The summed E-state index contributed by atoms with van der Waals surface area (Å²) in [5.41, 5.74) is 2.23. The zero-order valence-electron chi connectivity index (χ0n) is 16.6. The summed E-state index contributed by atoms with van der Waals surface area (Å²) in [5.74, 6) is 2.52. The summed E-state index contributed by atoms with van der Waals surface area (Å²) in [5, 5.41) is 3.39. The van der Waals surface area contributed by atoms with Gasteiger partial charge in [-0.1, -0.05) is 30.3 Å². The molecule has 0 saturated carbocycles. The highest BCUT2D eigenvalue weighted by atomic mass is 16.5. The van der Waals surface area contributed by atoms with Crippen LogP contribution in [0.5, 0.6) is 11.5 Å². The Morgan fingerprint density at radius 1 is 1.07 bits per heavy atom. The highest BCUT2D eigenvalue weighted by Gasteiger charge is 2.10. The first-order chi connectivity index (χ1) is 13.2. The largest absolute Gasteiger partial charge is 0.496 e. The lowest BCUT2D eigenvalue weighted by Gasteiger charge is -2.23. The van der Waals surface area contributed by atoms with Crippen molar-refractivity contribution in [2.75, 3.05) is 41.5 Å². The molecule has 0 spiro atoms. The number of nitrogens with one attached hydrogen (secondary N) is 1. The molecule has 0 aliphatic carbocycles. The molecule has 0 amide bonds. The predicted octanol–water partition coefficient (Wildman–Crippen LogP) is 2.93. The van der Waals surface area contributed by atoms with Crippen molar-refractivity contribution in [2.24, 2.45) is 4.99 Å². The van der Waals surface area contributed by atoms with Crippen molar-refractivity contribution in [1.29, 1.82) is 0 Å². The van der Waals surface area contributed by atoms with Crippen molar-refractivity contribution in [1.82, 2.24) is 10.2 Å². The van der Waals surface area contributed by atoms with E-state index in [4.69, 9.17) is 14.2 Å². The molecule has 0 unspecified atom stereocenters. The van der Waals surface area contributed by atoms with E-state index in [1.54, 1.807) is 21.3 Å². The molecule has 0 aliphatic heterocycles. The molecular formula is C21H29N3O3. The van der Waals surface area contributed by atoms with E-state index in [1.165, 1.54) is 0 Å². The Morgan fingerprint density at radius 2 is 1.89 bits per heavy atom. The van der Waals surface area contributed by atoms with Crippen molar-refractivity contribution in [3.63, 3.8) is 0 Å². The molecule has 0 aliphatic rings. The van der Waals surface area contributed by atoms with Gasteiger partial charge in [0.1, 0.15) is 18.1 Å². The average molecular weight is 371 g/mol. The van der Waals surface area contributed by atoms with Crippen LogP contribution in [0.2, 0.25) is 0 Å². The summed E-state index contributed by atoms with van der Waals surface area (Å²) in [6.45, 7) is 2.47. The van der Waals surface area contributed by atoms with E-state index in [0.717, 1.165) is 28.6 Å². The van der Waals surface area contributed by atoms with Crippen LogP contribution < -0.4 is 14.8 Å². The van der Waals surface area contributed by atoms with Gasteiger partial charge in [0, 0.05) is 39.9 Å². The standard InChI is InChI=1S/C21H29N3O3/c1-22-21(24(2)16-18-9-5-6-11-20(18)26-4)23-15-17-8-7-10-19(14-17)27-13-12-25-3/h5-11,14H,12-13,15-16H2,1-4H3,(H,22,23). The number of para-hydroxylation sites is 1. The third-order valence-electron chi connectivity index (χ3n) is 4.08. The molecule has 27 heavy (non-hydrogen) atoms. The van der Waals surface area contributed by atoms with Crippen LogP contribution in [0.4, 0.5) is 0 Å². The van der Waals surface area contributed by atoms with Crippen molar-refractivity contribution in [3.05, 3.63) is 59.7 Å². The van der Waals surface area contributed by atoms with Gasteiger partial charge in [0.05, 0.1) is 13.7 Å². The predicted molar refractivity (Wildman–Crippen MR) is 108 cm³/mol. The number of hydrogen-bond donors (Lipinski definition) is 1. The lowest BCUT2D eigenvalue weighted by Crippen LogP contribution is -2.38.